The number of esters is 2. The number of methoxy groups -OCH3 is 2. The van der Waals surface area contributed by atoms with Crippen molar-refractivity contribution in [3.05, 3.63) is 83.9 Å². The molecule has 146 valence electrons. The van der Waals surface area contributed by atoms with Gasteiger partial charge in [-0.3, -0.25) is 4.79 Å². The van der Waals surface area contributed by atoms with Crippen molar-refractivity contribution in [2.24, 2.45) is 0 Å². The number of carbonyl (C=O) groups is 3. The van der Waals surface area contributed by atoms with Gasteiger partial charge >= 0.3 is 11.9 Å². The quantitative estimate of drug-likeness (QED) is 0.530. The van der Waals surface area contributed by atoms with Crippen molar-refractivity contribution in [3.8, 4) is 0 Å². The SMILES string of the molecule is COC(=O)/C=C(/C(=O)OC)c1ccc2ccccc2c1NC(=O)c1ccccc1. The zero-order chi connectivity index (χ0) is 20.8. The van der Waals surface area contributed by atoms with Gasteiger partial charge in [0.15, 0.2) is 0 Å². The van der Waals surface area contributed by atoms with Gasteiger partial charge in [-0.05, 0) is 17.5 Å². The van der Waals surface area contributed by atoms with E-state index in [1.165, 1.54) is 14.2 Å². The first kappa shape index (κ1) is 19.8. The maximum Gasteiger partial charge on any atom is 0.338 e. The Kier molecular flexibility index (Phi) is 6.04. The summed E-state index contributed by atoms with van der Waals surface area (Å²) in [6.07, 6.45) is 1.05. The number of ether oxygens (including phenoxy) is 2. The maximum absolute atomic E-state index is 12.8. The summed E-state index contributed by atoms with van der Waals surface area (Å²) in [5, 5.41) is 4.46. The molecule has 0 aliphatic rings. The Hall–Kier alpha value is -3.93. The lowest BCUT2D eigenvalue weighted by atomic mass is 9.97. The Morgan fingerprint density at radius 3 is 2.21 bits per heavy atom. The molecular formula is C23H19NO5. The molecular weight excluding hydrogens is 370 g/mol. The van der Waals surface area contributed by atoms with Crippen LogP contribution < -0.4 is 5.32 Å². The Labute approximate surface area is 167 Å². The first-order chi connectivity index (χ1) is 14.0. The van der Waals surface area contributed by atoms with E-state index >= 15 is 0 Å². The minimum Gasteiger partial charge on any atom is -0.466 e. The number of benzene rings is 3. The van der Waals surface area contributed by atoms with Gasteiger partial charge in [-0.2, -0.15) is 0 Å². The Morgan fingerprint density at radius 1 is 0.828 bits per heavy atom. The van der Waals surface area contributed by atoms with Gasteiger partial charge in [0, 0.05) is 22.6 Å². The average Bonchev–Trinajstić information content (AvgIpc) is 2.77. The van der Waals surface area contributed by atoms with Crippen molar-refractivity contribution < 1.29 is 23.9 Å². The van der Waals surface area contributed by atoms with E-state index in [0.717, 1.165) is 11.5 Å². The van der Waals surface area contributed by atoms with E-state index in [9.17, 15) is 14.4 Å². The van der Waals surface area contributed by atoms with Crippen LogP contribution in [0.5, 0.6) is 0 Å². The van der Waals surface area contributed by atoms with Crippen molar-refractivity contribution in [2.75, 3.05) is 19.5 Å². The molecule has 0 radical (unpaired) electrons. The highest BCUT2D eigenvalue weighted by molar-refractivity contribution is 6.24. The third-order valence-corrected chi connectivity index (χ3v) is 4.36. The third kappa shape index (κ3) is 4.32. The lowest BCUT2D eigenvalue weighted by molar-refractivity contribution is -0.136. The molecule has 0 bridgehead atoms. The molecule has 0 atom stereocenters. The third-order valence-electron chi connectivity index (χ3n) is 4.36. The molecule has 1 N–H and O–H groups in total. The lowest BCUT2D eigenvalue weighted by Crippen LogP contribution is -2.15. The molecule has 29 heavy (non-hydrogen) atoms. The van der Waals surface area contributed by atoms with Crippen LogP contribution in [0.2, 0.25) is 0 Å². The molecule has 0 aliphatic carbocycles. The topological polar surface area (TPSA) is 81.7 Å². The van der Waals surface area contributed by atoms with Crippen molar-refractivity contribution in [1.29, 1.82) is 0 Å². The highest BCUT2D eigenvalue weighted by atomic mass is 16.5. The lowest BCUT2D eigenvalue weighted by Gasteiger charge is -2.16. The average molecular weight is 389 g/mol. The largest absolute Gasteiger partial charge is 0.466 e. The summed E-state index contributed by atoms with van der Waals surface area (Å²) >= 11 is 0. The molecule has 0 spiro atoms. The van der Waals surface area contributed by atoms with Crippen LogP contribution in [0.1, 0.15) is 15.9 Å². The minimum atomic E-state index is -0.721. The molecule has 0 aliphatic heterocycles. The summed E-state index contributed by atoms with van der Waals surface area (Å²) in [6.45, 7) is 0. The highest BCUT2D eigenvalue weighted by Crippen LogP contribution is 2.33. The van der Waals surface area contributed by atoms with E-state index in [0.29, 0.717) is 22.2 Å². The first-order valence-corrected chi connectivity index (χ1v) is 8.81. The van der Waals surface area contributed by atoms with Crippen molar-refractivity contribution in [2.45, 2.75) is 0 Å². The maximum atomic E-state index is 12.8. The second kappa shape index (κ2) is 8.84. The molecule has 0 saturated heterocycles. The summed E-state index contributed by atoms with van der Waals surface area (Å²) in [7, 11) is 2.43. The molecule has 0 saturated carbocycles. The van der Waals surface area contributed by atoms with Crippen LogP contribution in [0.25, 0.3) is 16.3 Å². The van der Waals surface area contributed by atoms with Gasteiger partial charge in [0.2, 0.25) is 0 Å². The van der Waals surface area contributed by atoms with E-state index in [1.54, 1.807) is 36.4 Å². The van der Waals surface area contributed by atoms with E-state index in [1.807, 2.05) is 30.3 Å². The smallest absolute Gasteiger partial charge is 0.338 e. The Bertz CT molecular complexity index is 1100. The predicted octanol–water partition coefficient (Wildman–Crippen LogP) is 3.82. The molecule has 6 nitrogen and oxygen atoms in total. The van der Waals surface area contributed by atoms with Gasteiger partial charge in [-0.1, -0.05) is 54.6 Å². The van der Waals surface area contributed by atoms with Crippen LogP contribution >= 0.6 is 0 Å². The number of anilines is 1. The van der Waals surface area contributed by atoms with Crippen molar-refractivity contribution in [1.82, 2.24) is 0 Å². The fourth-order valence-corrected chi connectivity index (χ4v) is 2.94. The second-order valence-corrected chi connectivity index (χ2v) is 6.10. The fourth-order valence-electron chi connectivity index (χ4n) is 2.94. The molecule has 0 aromatic heterocycles. The van der Waals surface area contributed by atoms with Crippen molar-refractivity contribution >= 4 is 39.9 Å². The van der Waals surface area contributed by atoms with Crippen LogP contribution in [0.4, 0.5) is 5.69 Å². The van der Waals surface area contributed by atoms with Crippen LogP contribution in [0.15, 0.2) is 72.8 Å². The van der Waals surface area contributed by atoms with Crippen molar-refractivity contribution in [3.63, 3.8) is 0 Å². The van der Waals surface area contributed by atoms with Crippen LogP contribution in [0.3, 0.4) is 0 Å². The number of rotatable bonds is 5. The molecule has 0 fully saturated rings. The van der Waals surface area contributed by atoms with Gasteiger partial charge in [0.05, 0.1) is 25.5 Å². The molecule has 3 rings (SSSR count). The van der Waals surface area contributed by atoms with E-state index in [-0.39, 0.29) is 11.5 Å². The summed E-state index contributed by atoms with van der Waals surface area (Å²) < 4.78 is 9.51. The molecule has 6 heteroatoms. The van der Waals surface area contributed by atoms with Crippen LogP contribution in [-0.2, 0) is 19.1 Å². The van der Waals surface area contributed by atoms with Gasteiger partial charge in [-0.25, -0.2) is 9.59 Å². The molecule has 1 amide bonds. The van der Waals surface area contributed by atoms with Gasteiger partial charge in [-0.15, -0.1) is 0 Å². The number of carbonyl (C=O) groups excluding carboxylic acids is 3. The molecule has 0 unspecified atom stereocenters. The molecule has 3 aromatic carbocycles. The highest BCUT2D eigenvalue weighted by Gasteiger charge is 2.21. The van der Waals surface area contributed by atoms with Crippen LogP contribution in [0, 0.1) is 0 Å². The first-order valence-electron chi connectivity index (χ1n) is 8.81. The predicted molar refractivity (Wildman–Crippen MR) is 110 cm³/mol. The van der Waals surface area contributed by atoms with Gasteiger partial charge in [0.25, 0.3) is 5.91 Å². The monoisotopic (exact) mass is 389 g/mol. The standard InChI is InChI=1S/C23H19NO5/c1-28-20(25)14-19(23(27)29-2)18-13-12-15-8-6-7-11-17(15)21(18)24-22(26)16-9-4-3-5-10-16/h3-14H,1-2H3,(H,24,26)/b19-14+. The summed E-state index contributed by atoms with van der Waals surface area (Å²) in [6, 6.07) is 19.6. The minimum absolute atomic E-state index is 0.0199. The fraction of sp³-hybridized carbons (Fsp3) is 0.0870. The normalized spacial score (nSPS) is 11.0. The Morgan fingerprint density at radius 2 is 1.52 bits per heavy atom. The van der Waals surface area contributed by atoms with E-state index in [4.69, 9.17) is 4.74 Å². The number of nitrogens with one attached hydrogen (secondary N) is 1. The van der Waals surface area contributed by atoms with Gasteiger partial charge < -0.3 is 14.8 Å². The summed E-state index contributed by atoms with van der Waals surface area (Å²) in [5.74, 6) is -1.77. The zero-order valence-electron chi connectivity index (χ0n) is 16.0. The van der Waals surface area contributed by atoms with E-state index in [2.05, 4.69) is 10.1 Å². The Balaban J connectivity index is 2.20. The summed E-state index contributed by atoms with van der Waals surface area (Å²) in [4.78, 5) is 37.0. The summed E-state index contributed by atoms with van der Waals surface area (Å²) in [5.41, 5.74) is 1.19. The molecule has 3 aromatic rings. The number of hydrogen-bond acceptors (Lipinski definition) is 5. The zero-order valence-corrected chi connectivity index (χ0v) is 16.0. The number of hydrogen-bond donors (Lipinski definition) is 1. The number of amides is 1. The second-order valence-electron chi connectivity index (χ2n) is 6.10. The van der Waals surface area contributed by atoms with Gasteiger partial charge in [0.1, 0.15) is 0 Å². The molecule has 0 heterocycles. The number of fused-ring (bicyclic) bond motifs is 1. The van der Waals surface area contributed by atoms with E-state index < -0.39 is 11.9 Å². The van der Waals surface area contributed by atoms with Crippen LogP contribution in [-0.4, -0.2) is 32.1 Å².